The summed E-state index contributed by atoms with van der Waals surface area (Å²) in [5, 5.41) is 11.7. The number of carbonyl (C=O) groups excluding carboxylic acids is 1. The zero-order valence-corrected chi connectivity index (χ0v) is 13.2. The monoisotopic (exact) mass is 324 g/mol. The molecule has 0 fully saturated rings. The molecule has 21 heavy (non-hydrogen) atoms. The Labute approximate surface area is 131 Å². The lowest BCUT2D eigenvalue weighted by molar-refractivity contribution is -0.124. The molecule has 112 valence electrons. The summed E-state index contributed by atoms with van der Waals surface area (Å²) in [7, 11) is 1.81. The molecule has 1 aliphatic rings. The van der Waals surface area contributed by atoms with Gasteiger partial charge in [0.25, 0.3) is 0 Å². The van der Waals surface area contributed by atoms with Crippen LogP contribution in [0.3, 0.4) is 0 Å². The molecule has 2 aromatic heterocycles. The van der Waals surface area contributed by atoms with Crippen LogP contribution in [0.25, 0.3) is 0 Å². The molecule has 8 heteroatoms. The minimum atomic E-state index is -0.129. The second-order valence-electron chi connectivity index (χ2n) is 4.90. The lowest BCUT2D eigenvalue weighted by Gasteiger charge is -2.22. The van der Waals surface area contributed by atoms with E-state index < -0.39 is 0 Å². The van der Waals surface area contributed by atoms with Gasteiger partial charge in [0.15, 0.2) is 10.6 Å². The van der Waals surface area contributed by atoms with E-state index in [9.17, 15) is 4.79 Å². The molecule has 3 heterocycles. The van der Waals surface area contributed by atoms with Gasteiger partial charge >= 0.3 is 0 Å². The number of thiophene rings is 1. The minimum Gasteiger partial charge on any atom is -0.372 e. The van der Waals surface area contributed by atoms with Gasteiger partial charge in [-0.05, 0) is 35.6 Å². The highest BCUT2D eigenvalue weighted by atomic mass is 32.1. The summed E-state index contributed by atoms with van der Waals surface area (Å²) in [6.07, 6.45) is 1.14. The van der Waals surface area contributed by atoms with Crippen LogP contribution < -0.4 is 5.32 Å². The predicted molar refractivity (Wildman–Crippen MR) is 81.6 cm³/mol. The van der Waals surface area contributed by atoms with Crippen LogP contribution in [0.1, 0.15) is 28.8 Å². The Balaban J connectivity index is 1.58. The quantitative estimate of drug-likeness (QED) is 0.842. The van der Waals surface area contributed by atoms with Gasteiger partial charge in [-0.2, -0.15) is 5.10 Å². The molecule has 0 radical (unpaired) electrons. The van der Waals surface area contributed by atoms with Crippen molar-refractivity contribution in [3.05, 3.63) is 32.5 Å². The first-order valence-electron chi connectivity index (χ1n) is 6.70. The van der Waals surface area contributed by atoms with Gasteiger partial charge in [-0.3, -0.25) is 9.89 Å². The molecule has 1 aliphatic heterocycles. The molecule has 6 nitrogen and oxygen atoms in total. The molecule has 0 unspecified atom stereocenters. The molecule has 0 spiro atoms. The highest BCUT2D eigenvalue weighted by Crippen LogP contribution is 2.33. The van der Waals surface area contributed by atoms with Crippen LogP contribution in [0, 0.1) is 4.77 Å². The normalized spacial score (nSPS) is 17.5. The van der Waals surface area contributed by atoms with E-state index in [1.165, 1.54) is 10.4 Å². The van der Waals surface area contributed by atoms with Crippen molar-refractivity contribution < 1.29 is 9.53 Å². The Morgan fingerprint density at radius 2 is 2.57 bits per heavy atom. The number of hydrogen-bond acceptors (Lipinski definition) is 5. The number of aromatic nitrogens is 3. The Morgan fingerprint density at radius 3 is 3.33 bits per heavy atom. The second-order valence-corrected chi connectivity index (χ2v) is 6.24. The zero-order chi connectivity index (χ0) is 14.8. The van der Waals surface area contributed by atoms with Gasteiger partial charge < -0.3 is 14.6 Å². The average Bonchev–Trinajstić information content (AvgIpc) is 3.06. The third-order valence-electron chi connectivity index (χ3n) is 3.55. The molecule has 0 aliphatic carbocycles. The fourth-order valence-corrected chi connectivity index (χ4v) is 3.49. The number of carbonyl (C=O) groups is 1. The number of H-pyrrole nitrogens is 1. The van der Waals surface area contributed by atoms with E-state index in [2.05, 4.69) is 27.0 Å². The largest absolute Gasteiger partial charge is 0.372 e. The van der Waals surface area contributed by atoms with Gasteiger partial charge in [-0.15, -0.1) is 11.3 Å². The van der Waals surface area contributed by atoms with Crippen molar-refractivity contribution in [2.45, 2.75) is 25.5 Å². The van der Waals surface area contributed by atoms with Crippen molar-refractivity contribution in [1.29, 1.82) is 0 Å². The second kappa shape index (κ2) is 6.08. The van der Waals surface area contributed by atoms with Crippen LogP contribution in [0.5, 0.6) is 0 Å². The SMILES string of the molecule is Cn1c(CNC(=O)C[C@H]2OCCc3ccsc32)n[nH]c1=S. The number of amides is 1. The van der Waals surface area contributed by atoms with Crippen LogP contribution in [0.4, 0.5) is 0 Å². The highest BCUT2D eigenvalue weighted by Gasteiger charge is 2.24. The molecule has 1 amide bonds. The fraction of sp³-hybridized carbons (Fsp3) is 0.462. The summed E-state index contributed by atoms with van der Waals surface area (Å²) in [5.41, 5.74) is 1.30. The molecule has 0 saturated heterocycles. The van der Waals surface area contributed by atoms with E-state index in [4.69, 9.17) is 17.0 Å². The van der Waals surface area contributed by atoms with Crippen LogP contribution in [0.15, 0.2) is 11.4 Å². The molecular weight excluding hydrogens is 308 g/mol. The number of aromatic amines is 1. The van der Waals surface area contributed by atoms with E-state index in [-0.39, 0.29) is 12.0 Å². The molecule has 2 aromatic rings. The van der Waals surface area contributed by atoms with Crippen LogP contribution >= 0.6 is 23.6 Å². The maximum atomic E-state index is 12.1. The summed E-state index contributed by atoms with van der Waals surface area (Å²) < 4.78 is 8.00. The maximum absolute atomic E-state index is 12.1. The van der Waals surface area contributed by atoms with Crippen molar-refractivity contribution in [1.82, 2.24) is 20.1 Å². The molecule has 3 rings (SSSR count). The van der Waals surface area contributed by atoms with E-state index in [0.717, 1.165) is 6.42 Å². The summed E-state index contributed by atoms with van der Waals surface area (Å²) in [4.78, 5) is 13.3. The number of rotatable bonds is 4. The fourth-order valence-electron chi connectivity index (χ4n) is 2.33. The molecule has 0 saturated carbocycles. The van der Waals surface area contributed by atoms with Gasteiger partial charge in [0, 0.05) is 11.9 Å². The van der Waals surface area contributed by atoms with Crippen molar-refractivity contribution in [2.75, 3.05) is 6.61 Å². The van der Waals surface area contributed by atoms with E-state index >= 15 is 0 Å². The Morgan fingerprint density at radius 1 is 1.71 bits per heavy atom. The molecule has 0 aromatic carbocycles. The lowest BCUT2D eigenvalue weighted by Crippen LogP contribution is -2.27. The highest BCUT2D eigenvalue weighted by molar-refractivity contribution is 7.71. The summed E-state index contributed by atoms with van der Waals surface area (Å²) in [6.45, 7) is 1.03. The summed E-state index contributed by atoms with van der Waals surface area (Å²) >= 11 is 6.69. The first kappa shape index (κ1) is 14.4. The number of ether oxygens (including phenoxy) is 1. The molecule has 0 bridgehead atoms. The van der Waals surface area contributed by atoms with Gasteiger partial charge in [0.05, 0.1) is 19.6 Å². The Kier molecular flexibility index (Phi) is 4.18. The predicted octanol–water partition coefficient (Wildman–Crippen LogP) is 1.86. The third-order valence-corrected chi connectivity index (χ3v) is 4.97. The smallest absolute Gasteiger partial charge is 0.223 e. The van der Waals surface area contributed by atoms with Crippen molar-refractivity contribution >= 4 is 29.5 Å². The Bertz CT molecular complexity index is 703. The topological polar surface area (TPSA) is 71.9 Å². The molecular formula is C13H16N4O2S2. The van der Waals surface area contributed by atoms with E-state index in [0.29, 0.717) is 30.2 Å². The van der Waals surface area contributed by atoms with Gasteiger partial charge in [0.2, 0.25) is 5.91 Å². The molecule has 2 N–H and O–H groups in total. The maximum Gasteiger partial charge on any atom is 0.223 e. The van der Waals surface area contributed by atoms with Crippen LogP contribution in [-0.4, -0.2) is 27.3 Å². The lowest BCUT2D eigenvalue weighted by atomic mass is 10.1. The van der Waals surface area contributed by atoms with E-state index in [1.807, 2.05) is 7.05 Å². The van der Waals surface area contributed by atoms with Gasteiger partial charge in [-0.25, -0.2) is 0 Å². The minimum absolute atomic E-state index is 0.0461. The first-order chi connectivity index (χ1) is 10.1. The van der Waals surface area contributed by atoms with Gasteiger partial charge in [0.1, 0.15) is 6.10 Å². The van der Waals surface area contributed by atoms with Crippen molar-refractivity contribution in [3.8, 4) is 0 Å². The zero-order valence-electron chi connectivity index (χ0n) is 11.6. The summed E-state index contributed by atoms with van der Waals surface area (Å²) in [5.74, 6) is 0.657. The first-order valence-corrected chi connectivity index (χ1v) is 7.99. The van der Waals surface area contributed by atoms with Crippen molar-refractivity contribution in [3.63, 3.8) is 0 Å². The third kappa shape index (κ3) is 3.07. The summed E-state index contributed by atoms with van der Waals surface area (Å²) in [6, 6.07) is 2.11. The van der Waals surface area contributed by atoms with Crippen LogP contribution in [0.2, 0.25) is 0 Å². The van der Waals surface area contributed by atoms with Gasteiger partial charge in [-0.1, -0.05) is 0 Å². The number of fused-ring (bicyclic) bond motifs is 1. The van der Waals surface area contributed by atoms with E-state index in [1.54, 1.807) is 15.9 Å². The number of nitrogens with zero attached hydrogens (tertiary/aromatic N) is 2. The van der Waals surface area contributed by atoms with Crippen molar-refractivity contribution in [2.24, 2.45) is 7.05 Å². The Hall–Kier alpha value is -1.51. The molecule has 1 atom stereocenters. The van der Waals surface area contributed by atoms with Crippen LogP contribution in [-0.2, 0) is 29.5 Å². The standard InChI is InChI=1S/C13H16N4O2S2/c1-17-10(15-16-13(17)20)7-14-11(18)6-9-12-8(2-4-19-9)3-5-21-12/h3,5,9H,2,4,6-7H2,1H3,(H,14,18)(H,16,20)/t9-/m1/s1. The number of hydrogen-bond donors (Lipinski definition) is 2. The number of nitrogens with one attached hydrogen (secondary N) is 2. The average molecular weight is 324 g/mol.